The lowest BCUT2D eigenvalue weighted by molar-refractivity contribution is -0.906. The highest BCUT2D eigenvalue weighted by molar-refractivity contribution is 7.80. The van der Waals surface area contributed by atoms with E-state index in [1.165, 1.54) is 25.7 Å². The smallest absolute Gasteiger partial charge is 0.243 e. The van der Waals surface area contributed by atoms with Crippen molar-refractivity contribution in [2.24, 2.45) is 0 Å². The number of unbranched alkanes of at least 4 members (excludes halogenated alkanes) is 1. The second kappa shape index (κ2) is 11.7. The van der Waals surface area contributed by atoms with Crippen LogP contribution in [0.2, 0.25) is 0 Å². The highest BCUT2D eigenvalue weighted by Gasteiger charge is 2.14. The molecule has 1 amide bonds. The second-order valence-electron chi connectivity index (χ2n) is 4.75. The van der Waals surface area contributed by atoms with Crippen LogP contribution in [-0.4, -0.2) is 63.7 Å². The van der Waals surface area contributed by atoms with E-state index in [4.69, 9.17) is 0 Å². The zero-order chi connectivity index (χ0) is 16.9. The average Bonchev–Trinajstić information content (AvgIpc) is 2.46. The molecule has 8 heteroatoms. The van der Waals surface area contributed by atoms with Crippen LogP contribution in [0.5, 0.6) is 0 Å². The van der Waals surface area contributed by atoms with Gasteiger partial charge in [0.15, 0.2) is 0 Å². The molecule has 0 spiro atoms. The van der Waals surface area contributed by atoms with Gasteiger partial charge in [0, 0.05) is 6.54 Å². The van der Waals surface area contributed by atoms with Gasteiger partial charge in [-0.05, 0) is 32.8 Å². The van der Waals surface area contributed by atoms with Crippen molar-refractivity contribution >= 4 is 16.3 Å². The molecule has 1 N–H and O–H groups in total. The number of nitrogens with one attached hydrogen (secondary N) is 1. The van der Waals surface area contributed by atoms with Gasteiger partial charge >= 0.3 is 0 Å². The Labute approximate surface area is 128 Å². The molecule has 126 valence electrons. The van der Waals surface area contributed by atoms with Gasteiger partial charge in [0.05, 0.1) is 33.8 Å². The Kier molecular flexibility index (Phi) is 12.4. The van der Waals surface area contributed by atoms with Gasteiger partial charge in [0.2, 0.25) is 16.3 Å². The SMILES string of the molecule is C=CC(=O)NCCCC[N+](C)(CC)CC.COS(=O)(=O)[O-]. The predicted molar refractivity (Wildman–Crippen MR) is 81.3 cm³/mol. The van der Waals surface area contributed by atoms with E-state index in [-0.39, 0.29) is 5.91 Å². The molecule has 0 bridgehead atoms. The molecule has 0 fully saturated rings. The molecule has 0 saturated heterocycles. The molecule has 0 aliphatic rings. The first-order valence-electron chi connectivity index (χ1n) is 6.89. The summed E-state index contributed by atoms with van der Waals surface area (Å²) in [5.74, 6) is -0.0711. The van der Waals surface area contributed by atoms with Crippen LogP contribution in [0, 0.1) is 0 Å². The summed E-state index contributed by atoms with van der Waals surface area (Å²) in [4.78, 5) is 10.9. The van der Waals surface area contributed by atoms with Crippen LogP contribution in [0.15, 0.2) is 12.7 Å². The zero-order valence-electron chi connectivity index (χ0n) is 13.4. The molecule has 0 radical (unpaired) electrons. The number of carbonyl (C=O) groups is 1. The molecule has 0 aromatic heterocycles. The van der Waals surface area contributed by atoms with E-state index in [1.807, 2.05) is 0 Å². The van der Waals surface area contributed by atoms with E-state index < -0.39 is 10.4 Å². The molecule has 0 heterocycles. The second-order valence-corrected chi connectivity index (χ2v) is 5.90. The van der Waals surface area contributed by atoms with Gasteiger partial charge in [-0.2, -0.15) is 0 Å². The Morgan fingerprint density at radius 2 is 1.81 bits per heavy atom. The average molecular weight is 324 g/mol. The zero-order valence-corrected chi connectivity index (χ0v) is 14.2. The van der Waals surface area contributed by atoms with Crippen LogP contribution in [0.1, 0.15) is 26.7 Å². The lowest BCUT2D eigenvalue weighted by Crippen LogP contribution is -2.44. The summed E-state index contributed by atoms with van der Waals surface area (Å²) < 4.78 is 32.1. The predicted octanol–water partition coefficient (Wildman–Crippen LogP) is 0.648. The van der Waals surface area contributed by atoms with Gasteiger partial charge in [-0.1, -0.05) is 6.58 Å². The number of hydrogen-bond donors (Lipinski definition) is 1. The fourth-order valence-corrected chi connectivity index (χ4v) is 1.44. The Bertz CT molecular complexity index is 391. The maximum absolute atomic E-state index is 10.9. The van der Waals surface area contributed by atoms with Crippen LogP contribution < -0.4 is 5.32 Å². The number of quaternary nitrogens is 1. The summed E-state index contributed by atoms with van der Waals surface area (Å²) in [5.41, 5.74) is 0. The van der Waals surface area contributed by atoms with Crippen LogP contribution >= 0.6 is 0 Å². The van der Waals surface area contributed by atoms with Crippen LogP contribution in [0.4, 0.5) is 0 Å². The minimum Gasteiger partial charge on any atom is -0.726 e. The standard InChI is InChI=1S/C12H24N2O.CH4O4S/c1-5-12(15)13-10-8-9-11-14(4,6-2)7-3;1-5-6(2,3)4/h5H,1,6-11H2,2-4H3;1H3,(H,2,3,4). The lowest BCUT2D eigenvalue weighted by atomic mass is 10.2. The third-order valence-corrected chi connectivity index (χ3v) is 3.75. The number of rotatable bonds is 9. The number of amides is 1. The van der Waals surface area contributed by atoms with Gasteiger partial charge in [0.25, 0.3) is 0 Å². The molecular weight excluding hydrogens is 296 g/mol. The van der Waals surface area contributed by atoms with E-state index in [9.17, 15) is 17.8 Å². The summed E-state index contributed by atoms with van der Waals surface area (Å²) in [7, 11) is -1.32. The molecule has 0 unspecified atom stereocenters. The topological polar surface area (TPSA) is 95.5 Å². The number of nitrogens with zero attached hydrogens (tertiary/aromatic N) is 1. The monoisotopic (exact) mass is 324 g/mol. The van der Waals surface area contributed by atoms with E-state index in [1.54, 1.807) is 0 Å². The number of carbonyl (C=O) groups excluding carboxylic acids is 1. The van der Waals surface area contributed by atoms with E-state index in [0.29, 0.717) is 0 Å². The van der Waals surface area contributed by atoms with Crippen LogP contribution in [0.25, 0.3) is 0 Å². The van der Waals surface area contributed by atoms with Gasteiger partial charge in [0.1, 0.15) is 0 Å². The maximum Gasteiger partial charge on any atom is 0.243 e. The fraction of sp³-hybridized carbons (Fsp3) is 0.769. The molecule has 0 saturated carbocycles. The molecule has 0 aliphatic carbocycles. The van der Waals surface area contributed by atoms with Crippen molar-refractivity contribution in [3.05, 3.63) is 12.7 Å². The molecule has 0 atom stereocenters. The largest absolute Gasteiger partial charge is 0.726 e. The molecule has 0 aromatic carbocycles. The first kappa shape index (κ1) is 22.3. The van der Waals surface area contributed by atoms with Crippen LogP contribution in [0.3, 0.4) is 0 Å². The molecule has 7 nitrogen and oxygen atoms in total. The van der Waals surface area contributed by atoms with Crippen molar-refractivity contribution < 1.29 is 26.4 Å². The summed E-state index contributed by atoms with van der Waals surface area (Å²) in [5, 5.41) is 2.79. The van der Waals surface area contributed by atoms with Crippen molar-refractivity contribution in [1.29, 1.82) is 0 Å². The Morgan fingerprint density at radius 1 is 1.33 bits per heavy atom. The minimum atomic E-state index is -4.41. The third-order valence-electron chi connectivity index (χ3n) is 3.34. The molecular formula is C13H28N2O5S. The Morgan fingerprint density at radius 3 is 2.14 bits per heavy atom. The van der Waals surface area contributed by atoms with Crippen molar-refractivity contribution in [2.45, 2.75) is 26.7 Å². The van der Waals surface area contributed by atoms with Gasteiger partial charge in [-0.15, -0.1) is 0 Å². The van der Waals surface area contributed by atoms with Crippen LogP contribution in [-0.2, 0) is 19.4 Å². The van der Waals surface area contributed by atoms with E-state index in [2.05, 4.69) is 37.0 Å². The van der Waals surface area contributed by atoms with E-state index >= 15 is 0 Å². The fourth-order valence-electron chi connectivity index (χ4n) is 1.44. The van der Waals surface area contributed by atoms with E-state index in [0.717, 1.165) is 31.0 Å². The van der Waals surface area contributed by atoms with Crippen molar-refractivity contribution in [3.8, 4) is 0 Å². The van der Waals surface area contributed by atoms with Crippen molar-refractivity contribution in [1.82, 2.24) is 5.32 Å². The molecule has 0 aromatic rings. The minimum absolute atomic E-state index is 0.0711. The molecule has 0 aliphatic heterocycles. The van der Waals surface area contributed by atoms with Gasteiger partial charge in [-0.3, -0.25) is 8.98 Å². The van der Waals surface area contributed by atoms with Gasteiger partial charge in [-0.25, -0.2) is 8.42 Å². The molecule has 0 rings (SSSR count). The quantitative estimate of drug-likeness (QED) is 0.221. The lowest BCUT2D eigenvalue weighted by Gasteiger charge is -2.32. The first-order valence-corrected chi connectivity index (χ1v) is 8.22. The summed E-state index contributed by atoms with van der Waals surface area (Å²) in [6.07, 6.45) is 3.53. The Hall–Kier alpha value is -0.960. The Balaban J connectivity index is 0. The number of hydrogen-bond acceptors (Lipinski definition) is 5. The summed E-state index contributed by atoms with van der Waals surface area (Å²) in [6.45, 7) is 12.2. The highest BCUT2D eigenvalue weighted by atomic mass is 32.3. The molecule has 21 heavy (non-hydrogen) atoms. The van der Waals surface area contributed by atoms with Gasteiger partial charge < -0.3 is 14.4 Å². The first-order chi connectivity index (χ1) is 9.64. The maximum atomic E-state index is 10.9. The van der Waals surface area contributed by atoms with Crippen molar-refractivity contribution in [3.63, 3.8) is 0 Å². The summed E-state index contributed by atoms with van der Waals surface area (Å²) in [6, 6.07) is 0. The van der Waals surface area contributed by atoms with Crippen molar-refractivity contribution in [2.75, 3.05) is 40.3 Å². The highest BCUT2D eigenvalue weighted by Crippen LogP contribution is 2.04. The normalized spacial score (nSPS) is 11.3. The third kappa shape index (κ3) is 15.3. The summed E-state index contributed by atoms with van der Waals surface area (Å²) >= 11 is 0.